The van der Waals surface area contributed by atoms with Crippen LogP contribution in [0.5, 0.6) is 0 Å². The summed E-state index contributed by atoms with van der Waals surface area (Å²) in [6.45, 7) is 7.58. The van der Waals surface area contributed by atoms with E-state index in [0.29, 0.717) is 19.8 Å². The van der Waals surface area contributed by atoms with Crippen LogP contribution in [0.4, 0.5) is 5.82 Å². The predicted octanol–water partition coefficient (Wildman–Crippen LogP) is 2.46. The monoisotopic (exact) mass is 238 g/mol. The van der Waals surface area contributed by atoms with Crippen LogP contribution in [0.2, 0.25) is 0 Å². The van der Waals surface area contributed by atoms with Crippen molar-refractivity contribution in [2.24, 2.45) is 0 Å². The van der Waals surface area contributed by atoms with Gasteiger partial charge in [-0.25, -0.2) is 4.98 Å². The molecule has 0 saturated heterocycles. The molecule has 0 atom stereocenters. The first kappa shape index (κ1) is 13.9. The van der Waals surface area contributed by atoms with Crippen molar-refractivity contribution < 1.29 is 9.47 Å². The highest BCUT2D eigenvalue weighted by Gasteiger charge is 1.97. The molecule has 0 fully saturated rings. The second kappa shape index (κ2) is 8.96. The molecule has 0 aliphatic heterocycles. The fourth-order valence-electron chi connectivity index (χ4n) is 1.35. The van der Waals surface area contributed by atoms with Crippen LogP contribution in [0, 0.1) is 0 Å². The highest BCUT2D eigenvalue weighted by Crippen LogP contribution is 2.05. The maximum Gasteiger partial charge on any atom is 0.126 e. The lowest BCUT2D eigenvalue weighted by molar-refractivity contribution is 0.0441. The van der Waals surface area contributed by atoms with Crippen molar-refractivity contribution in [3.05, 3.63) is 23.9 Å². The second-order valence-corrected chi connectivity index (χ2v) is 3.69. The minimum Gasteiger partial charge on any atom is -0.379 e. The van der Waals surface area contributed by atoms with Gasteiger partial charge in [-0.1, -0.05) is 13.0 Å². The molecule has 1 heterocycles. The number of hydrogen-bond acceptors (Lipinski definition) is 4. The summed E-state index contributed by atoms with van der Waals surface area (Å²) in [7, 11) is 0. The smallest absolute Gasteiger partial charge is 0.126 e. The molecule has 0 spiro atoms. The second-order valence-electron chi connectivity index (χ2n) is 3.69. The zero-order valence-corrected chi connectivity index (χ0v) is 10.7. The summed E-state index contributed by atoms with van der Waals surface area (Å²) in [4.78, 5) is 4.45. The fourth-order valence-corrected chi connectivity index (χ4v) is 1.35. The van der Waals surface area contributed by atoms with Gasteiger partial charge in [0.15, 0.2) is 0 Å². The molecule has 0 saturated carbocycles. The van der Waals surface area contributed by atoms with Crippen molar-refractivity contribution in [2.45, 2.75) is 26.9 Å². The van der Waals surface area contributed by atoms with Crippen LogP contribution < -0.4 is 5.32 Å². The Bertz CT molecular complexity index is 305. The first-order valence-electron chi connectivity index (χ1n) is 6.22. The molecule has 0 unspecified atom stereocenters. The summed E-state index contributed by atoms with van der Waals surface area (Å²) in [6.07, 6.45) is 1.09. The lowest BCUT2D eigenvalue weighted by Crippen LogP contribution is -2.06. The summed E-state index contributed by atoms with van der Waals surface area (Å²) in [5, 5.41) is 3.25. The SMILES string of the molecule is CCCNc1cccc(COCCOCC)n1. The van der Waals surface area contributed by atoms with Crippen molar-refractivity contribution in [1.29, 1.82) is 0 Å². The number of hydrogen-bond donors (Lipinski definition) is 1. The molecule has 17 heavy (non-hydrogen) atoms. The van der Waals surface area contributed by atoms with E-state index in [0.717, 1.165) is 31.1 Å². The Kier molecular flexibility index (Phi) is 7.34. The normalized spacial score (nSPS) is 10.5. The fraction of sp³-hybridized carbons (Fsp3) is 0.615. The van der Waals surface area contributed by atoms with Crippen LogP contribution in [-0.2, 0) is 16.1 Å². The van der Waals surface area contributed by atoms with Gasteiger partial charge in [0.1, 0.15) is 5.82 Å². The van der Waals surface area contributed by atoms with Gasteiger partial charge in [-0.05, 0) is 25.5 Å². The highest BCUT2D eigenvalue weighted by atomic mass is 16.5. The van der Waals surface area contributed by atoms with E-state index in [2.05, 4.69) is 17.2 Å². The molecule has 1 aromatic rings. The summed E-state index contributed by atoms with van der Waals surface area (Å²) in [5.74, 6) is 0.915. The molecule has 0 radical (unpaired) electrons. The van der Waals surface area contributed by atoms with Crippen LogP contribution in [-0.4, -0.2) is 31.3 Å². The van der Waals surface area contributed by atoms with E-state index in [4.69, 9.17) is 9.47 Å². The molecule has 96 valence electrons. The summed E-state index contributed by atoms with van der Waals surface area (Å²) in [6, 6.07) is 5.93. The first-order chi connectivity index (χ1) is 8.36. The van der Waals surface area contributed by atoms with Crippen molar-refractivity contribution in [1.82, 2.24) is 4.98 Å². The minimum atomic E-state index is 0.536. The van der Waals surface area contributed by atoms with Crippen molar-refractivity contribution in [3.63, 3.8) is 0 Å². The molecule has 4 heteroatoms. The third-order valence-corrected chi connectivity index (χ3v) is 2.19. The maximum absolute atomic E-state index is 5.47. The highest BCUT2D eigenvalue weighted by molar-refractivity contribution is 5.34. The predicted molar refractivity (Wildman–Crippen MR) is 69.2 cm³/mol. The van der Waals surface area contributed by atoms with Gasteiger partial charge in [0.2, 0.25) is 0 Å². The quantitative estimate of drug-likeness (QED) is 0.671. The van der Waals surface area contributed by atoms with Gasteiger partial charge in [-0.15, -0.1) is 0 Å². The Morgan fingerprint density at radius 3 is 2.76 bits per heavy atom. The number of anilines is 1. The van der Waals surface area contributed by atoms with Crippen molar-refractivity contribution >= 4 is 5.82 Å². The Hall–Kier alpha value is -1.13. The Morgan fingerprint density at radius 2 is 2.00 bits per heavy atom. The summed E-state index contributed by atoms with van der Waals surface area (Å²) >= 11 is 0. The third-order valence-electron chi connectivity index (χ3n) is 2.19. The van der Waals surface area contributed by atoms with Crippen molar-refractivity contribution in [2.75, 3.05) is 31.7 Å². The van der Waals surface area contributed by atoms with Gasteiger partial charge in [-0.3, -0.25) is 0 Å². The number of ether oxygens (including phenoxy) is 2. The van der Waals surface area contributed by atoms with Crippen LogP contribution in [0.15, 0.2) is 18.2 Å². The topological polar surface area (TPSA) is 43.4 Å². The number of nitrogens with zero attached hydrogens (tertiary/aromatic N) is 1. The number of rotatable bonds is 9. The molecule has 1 rings (SSSR count). The summed E-state index contributed by atoms with van der Waals surface area (Å²) in [5.41, 5.74) is 0.947. The molecule has 0 aliphatic rings. The number of aromatic nitrogens is 1. The van der Waals surface area contributed by atoms with Crippen molar-refractivity contribution in [3.8, 4) is 0 Å². The van der Waals surface area contributed by atoms with E-state index < -0.39 is 0 Å². The molecule has 0 amide bonds. The van der Waals surface area contributed by atoms with Gasteiger partial charge in [0.05, 0.1) is 25.5 Å². The van der Waals surface area contributed by atoms with Gasteiger partial charge in [0, 0.05) is 13.2 Å². The maximum atomic E-state index is 5.47. The minimum absolute atomic E-state index is 0.536. The average Bonchev–Trinajstić information content (AvgIpc) is 2.37. The molecule has 0 aromatic carbocycles. The average molecular weight is 238 g/mol. The third kappa shape index (κ3) is 6.24. The van der Waals surface area contributed by atoms with Crippen LogP contribution in [0.3, 0.4) is 0 Å². The molecule has 0 bridgehead atoms. The summed E-state index contributed by atoms with van der Waals surface area (Å²) < 4.78 is 10.7. The van der Waals surface area contributed by atoms with E-state index in [1.54, 1.807) is 0 Å². The molecule has 0 aliphatic carbocycles. The Balaban J connectivity index is 2.27. The zero-order valence-electron chi connectivity index (χ0n) is 10.7. The van der Waals surface area contributed by atoms with E-state index in [-0.39, 0.29) is 0 Å². The Morgan fingerprint density at radius 1 is 1.18 bits per heavy atom. The lowest BCUT2D eigenvalue weighted by Gasteiger charge is -2.07. The number of nitrogens with one attached hydrogen (secondary N) is 1. The van der Waals surface area contributed by atoms with Crippen LogP contribution >= 0.6 is 0 Å². The molecule has 1 N–H and O–H groups in total. The van der Waals surface area contributed by atoms with Gasteiger partial charge < -0.3 is 14.8 Å². The molecular formula is C13H22N2O2. The standard InChI is InChI=1S/C13H22N2O2/c1-3-8-14-13-7-5-6-12(15-13)11-17-10-9-16-4-2/h5-7H,3-4,8-11H2,1-2H3,(H,14,15). The molecule has 4 nitrogen and oxygen atoms in total. The van der Waals surface area contributed by atoms with Gasteiger partial charge in [-0.2, -0.15) is 0 Å². The van der Waals surface area contributed by atoms with Crippen LogP contribution in [0.25, 0.3) is 0 Å². The molecule has 1 aromatic heterocycles. The molecular weight excluding hydrogens is 216 g/mol. The van der Waals surface area contributed by atoms with Gasteiger partial charge in [0.25, 0.3) is 0 Å². The van der Waals surface area contributed by atoms with E-state index in [9.17, 15) is 0 Å². The lowest BCUT2D eigenvalue weighted by atomic mass is 10.3. The van der Waals surface area contributed by atoms with E-state index in [1.807, 2.05) is 25.1 Å². The largest absolute Gasteiger partial charge is 0.379 e. The zero-order chi connectivity index (χ0) is 12.3. The first-order valence-corrected chi connectivity index (χ1v) is 6.22. The van der Waals surface area contributed by atoms with Crippen LogP contribution in [0.1, 0.15) is 26.0 Å². The van der Waals surface area contributed by atoms with E-state index >= 15 is 0 Å². The Labute approximate surface area is 103 Å². The van der Waals surface area contributed by atoms with E-state index in [1.165, 1.54) is 0 Å². The number of pyridine rings is 1. The van der Waals surface area contributed by atoms with Gasteiger partial charge >= 0.3 is 0 Å².